The maximum Gasteiger partial charge on any atom is 0.426 e. The van der Waals surface area contributed by atoms with Gasteiger partial charge in [-0.15, -0.1) is 0 Å². The lowest BCUT2D eigenvalue weighted by atomic mass is 9.90. The standard InChI is InChI=1S/C11H9F3O3/c12-11(13,14)9-7(10(15)16)5-6-3-1-2-4-8(6)17-9/h1-4,7,9H,5H2,(H,15,16)/t7-,9+/m1/s1. The van der Waals surface area contributed by atoms with Gasteiger partial charge in [-0.2, -0.15) is 13.2 Å². The Labute approximate surface area is 94.8 Å². The largest absolute Gasteiger partial charge is 0.481 e. The summed E-state index contributed by atoms with van der Waals surface area (Å²) in [5, 5.41) is 8.82. The van der Waals surface area contributed by atoms with Gasteiger partial charge in [0.25, 0.3) is 0 Å². The van der Waals surface area contributed by atoms with Crippen LogP contribution >= 0.6 is 0 Å². The van der Waals surface area contributed by atoms with Gasteiger partial charge in [0, 0.05) is 0 Å². The van der Waals surface area contributed by atoms with E-state index in [4.69, 9.17) is 9.84 Å². The number of para-hydroxylation sites is 1. The number of aliphatic carboxylic acids is 1. The molecule has 0 radical (unpaired) electrons. The maximum atomic E-state index is 12.7. The van der Waals surface area contributed by atoms with Gasteiger partial charge >= 0.3 is 12.1 Å². The zero-order valence-corrected chi connectivity index (χ0v) is 8.57. The van der Waals surface area contributed by atoms with E-state index in [1.807, 2.05) is 0 Å². The van der Waals surface area contributed by atoms with Crippen LogP contribution in [-0.4, -0.2) is 23.4 Å². The second-order valence-corrected chi connectivity index (χ2v) is 3.84. The molecule has 1 aromatic carbocycles. The van der Waals surface area contributed by atoms with E-state index < -0.39 is 24.2 Å². The Balaban J connectivity index is 2.38. The van der Waals surface area contributed by atoms with Gasteiger partial charge in [-0.05, 0) is 18.1 Å². The fourth-order valence-electron chi connectivity index (χ4n) is 1.86. The molecule has 0 fully saturated rings. The Morgan fingerprint density at radius 1 is 1.35 bits per heavy atom. The molecule has 2 rings (SSSR count). The van der Waals surface area contributed by atoms with Crippen molar-refractivity contribution in [3.8, 4) is 5.75 Å². The van der Waals surface area contributed by atoms with Crippen LogP contribution in [0.15, 0.2) is 24.3 Å². The molecule has 1 aromatic rings. The molecule has 1 aliphatic rings. The molecule has 1 aliphatic heterocycles. The third-order valence-electron chi connectivity index (χ3n) is 2.67. The molecule has 0 saturated carbocycles. The number of carbonyl (C=O) groups is 1. The highest BCUT2D eigenvalue weighted by Gasteiger charge is 2.51. The first-order valence-corrected chi connectivity index (χ1v) is 4.93. The monoisotopic (exact) mass is 246 g/mol. The minimum atomic E-state index is -4.68. The summed E-state index contributed by atoms with van der Waals surface area (Å²) in [6.07, 6.45) is -7.14. The van der Waals surface area contributed by atoms with Gasteiger partial charge in [0.1, 0.15) is 11.7 Å². The molecule has 2 atom stereocenters. The summed E-state index contributed by atoms with van der Waals surface area (Å²) in [5.74, 6) is -2.99. The lowest BCUT2D eigenvalue weighted by Gasteiger charge is -2.32. The maximum absolute atomic E-state index is 12.7. The molecule has 0 amide bonds. The number of carboxylic acids is 1. The first kappa shape index (κ1) is 11.8. The van der Waals surface area contributed by atoms with E-state index in [1.165, 1.54) is 6.07 Å². The van der Waals surface area contributed by atoms with E-state index in [-0.39, 0.29) is 12.2 Å². The van der Waals surface area contributed by atoms with Crippen molar-refractivity contribution in [2.75, 3.05) is 0 Å². The summed E-state index contributed by atoms with van der Waals surface area (Å²) in [4.78, 5) is 10.8. The Morgan fingerprint density at radius 3 is 2.59 bits per heavy atom. The van der Waals surface area contributed by atoms with Crippen LogP contribution in [0.2, 0.25) is 0 Å². The topological polar surface area (TPSA) is 46.5 Å². The van der Waals surface area contributed by atoms with Crippen LogP contribution in [0.4, 0.5) is 13.2 Å². The van der Waals surface area contributed by atoms with Gasteiger partial charge in [0.15, 0.2) is 0 Å². The molecular weight excluding hydrogens is 237 g/mol. The smallest absolute Gasteiger partial charge is 0.426 e. The van der Waals surface area contributed by atoms with E-state index in [0.717, 1.165) is 0 Å². The number of hydrogen-bond acceptors (Lipinski definition) is 2. The molecule has 0 aromatic heterocycles. The zero-order valence-electron chi connectivity index (χ0n) is 8.57. The predicted molar refractivity (Wildman–Crippen MR) is 51.7 cm³/mol. The molecule has 0 spiro atoms. The van der Waals surface area contributed by atoms with Crippen LogP contribution < -0.4 is 4.74 Å². The SMILES string of the molecule is O=C(O)[C@@H]1Cc2ccccc2O[C@@H]1C(F)(F)F. The van der Waals surface area contributed by atoms with Crippen molar-refractivity contribution in [3.63, 3.8) is 0 Å². The Bertz CT molecular complexity index is 442. The minimum absolute atomic E-state index is 0.104. The molecule has 0 aliphatic carbocycles. The molecule has 6 heteroatoms. The highest BCUT2D eigenvalue weighted by Crippen LogP contribution is 2.38. The Kier molecular flexibility index (Phi) is 2.73. The fraction of sp³-hybridized carbons (Fsp3) is 0.364. The van der Waals surface area contributed by atoms with Crippen molar-refractivity contribution in [1.82, 2.24) is 0 Å². The number of fused-ring (bicyclic) bond motifs is 1. The second kappa shape index (κ2) is 3.94. The third-order valence-corrected chi connectivity index (χ3v) is 2.67. The van der Waals surface area contributed by atoms with Crippen LogP contribution in [0.3, 0.4) is 0 Å². The van der Waals surface area contributed by atoms with Crippen molar-refractivity contribution < 1.29 is 27.8 Å². The summed E-state index contributed by atoms with van der Waals surface area (Å²) in [6, 6.07) is 6.16. The second-order valence-electron chi connectivity index (χ2n) is 3.84. The number of hydrogen-bond donors (Lipinski definition) is 1. The molecule has 92 valence electrons. The number of carboxylic acid groups (broad SMARTS) is 1. The van der Waals surface area contributed by atoms with Crippen LogP contribution in [0.5, 0.6) is 5.75 Å². The third kappa shape index (κ3) is 2.20. The summed E-state index contributed by atoms with van der Waals surface area (Å²) >= 11 is 0. The normalized spacial score (nSPS) is 23.7. The molecule has 0 bridgehead atoms. The van der Waals surface area contributed by atoms with Crippen molar-refractivity contribution in [1.29, 1.82) is 0 Å². The van der Waals surface area contributed by atoms with E-state index in [0.29, 0.717) is 5.56 Å². The van der Waals surface area contributed by atoms with Gasteiger partial charge in [-0.1, -0.05) is 18.2 Å². The number of rotatable bonds is 1. The first-order chi connectivity index (χ1) is 7.89. The summed E-state index contributed by atoms with van der Waals surface area (Å²) in [5.41, 5.74) is 0.486. The quantitative estimate of drug-likeness (QED) is 0.826. The molecular formula is C11H9F3O3. The molecule has 0 unspecified atom stereocenters. The predicted octanol–water partition coefficient (Wildman–Crippen LogP) is 2.25. The van der Waals surface area contributed by atoms with Crippen molar-refractivity contribution >= 4 is 5.97 Å². The Hall–Kier alpha value is -1.72. The Morgan fingerprint density at radius 2 is 2.00 bits per heavy atom. The summed E-state index contributed by atoms with van der Waals surface area (Å²) in [7, 11) is 0. The molecule has 17 heavy (non-hydrogen) atoms. The van der Waals surface area contributed by atoms with E-state index >= 15 is 0 Å². The molecule has 0 saturated heterocycles. The van der Waals surface area contributed by atoms with Crippen molar-refractivity contribution in [2.45, 2.75) is 18.7 Å². The van der Waals surface area contributed by atoms with Crippen LogP contribution in [0.25, 0.3) is 0 Å². The summed E-state index contributed by atoms with van der Waals surface area (Å²) < 4.78 is 42.7. The lowest BCUT2D eigenvalue weighted by molar-refractivity contribution is -0.217. The van der Waals surface area contributed by atoms with Gasteiger partial charge in [0.05, 0.1) is 0 Å². The molecule has 3 nitrogen and oxygen atoms in total. The van der Waals surface area contributed by atoms with Crippen LogP contribution in [0.1, 0.15) is 5.56 Å². The number of ether oxygens (including phenoxy) is 1. The van der Waals surface area contributed by atoms with Gasteiger partial charge in [-0.3, -0.25) is 4.79 Å². The van der Waals surface area contributed by atoms with E-state index in [9.17, 15) is 18.0 Å². The fourth-order valence-corrected chi connectivity index (χ4v) is 1.86. The van der Waals surface area contributed by atoms with E-state index in [2.05, 4.69) is 0 Å². The minimum Gasteiger partial charge on any atom is -0.481 e. The lowest BCUT2D eigenvalue weighted by Crippen LogP contribution is -2.47. The average Bonchev–Trinajstić information content (AvgIpc) is 2.26. The number of benzene rings is 1. The molecule has 1 N–H and O–H groups in total. The van der Waals surface area contributed by atoms with Crippen molar-refractivity contribution in [2.24, 2.45) is 5.92 Å². The summed E-state index contributed by atoms with van der Waals surface area (Å²) in [6.45, 7) is 0. The zero-order chi connectivity index (χ0) is 12.6. The van der Waals surface area contributed by atoms with Gasteiger partial charge in [-0.25, -0.2) is 0 Å². The number of alkyl halides is 3. The average molecular weight is 246 g/mol. The van der Waals surface area contributed by atoms with Crippen molar-refractivity contribution in [3.05, 3.63) is 29.8 Å². The van der Waals surface area contributed by atoms with Crippen LogP contribution in [0, 0.1) is 5.92 Å². The van der Waals surface area contributed by atoms with Crippen LogP contribution in [-0.2, 0) is 11.2 Å². The highest BCUT2D eigenvalue weighted by atomic mass is 19.4. The highest BCUT2D eigenvalue weighted by molar-refractivity contribution is 5.72. The van der Waals surface area contributed by atoms with Gasteiger partial charge < -0.3 is 9.84 Å². The van der Waals surface area contributed by atoms with E-state index in [1.54, 1.807) is 18.2 Å². The first-order valence-electron chi connectivity index (χ1n) is 4.93. The van der Waals surface area contributed by atoms with Gasteiger partial charge in [0.2, 0.25) is 6.10 Å². The number of halogens is 3. The molecule has 1 heterocycles.